The van der Waals surface area contributed by atoms with Gasteiger partial charge in [0.2, 0.25) is 0 Å². The lowest BCUT2D eigenvalue weighted by Crippen LogP contribution is -2.19. The highest BCUT2D eigenvalue weighted by Gasteiger charge is 2.24. The molecule has 1 heterocycles. The molecule has 2 aliphatic rings. The van der Waals surface area contributed by atoms with Crippen LogP contribution in [0.5, 0.6) is 0 Å². The Kier molecular flexibility index (Phi) is 2.48. The SMILES string of the molecule is N=C1C=CCCC1C1=CS(=O)(=O)C=CO1. The molecule has 0 bridgehead atoms. The number of nitrogens with one attached hydrogen (secondary N) is 1. The maximum atomic E-state index is 11.3. The maximum Gasteiger partial charge on any atom is 0.199 e. The third-order valence-electron chi connectivity index (χ3n) is 2.37. The van der Waals surface area contributed by atoms with E-state index in [9.17, 15) is 8.42 Å². The zero-order valence-electron chi connectivity index (χ0n) is 8.01. The quantitative estimate of drug-likeness (QED) is 0.739. The Morgan fingerprint density at radius 2 is 2.27 bits per heavy atom. The van der Waals surface area contributed by atoms with E-state index >= 15 is 0 Å². The summed E-state index contributed by atoms with van der Waals surface area (Å²) in [5.41, 5.74) is 0.401. The van der Waals surface area contributed by atoms with Crippen LogP contribution in [0.2, 0.25) is 0 Å². The number of ether oxygens (including phenoxy) is 1. The van der Waals surface area contributed by atoms with Gasteiger partial charge in [-0.2, -0.15) is 0 Å². The van der Waals surface area contributed by atoms with E-state index < -0.39 is 9.84 Å². The minimum atomic E-state index is -3.29. The fraction of sp³-hybridized carbons (Fsp3) is 0.300. The zero-order valence-corrected chi connectivity index (χ0v) is 8.83. The fourth-order valence-electron chi connectivity index (χ4n) is 1.62. The van der Waals surface area contributed by atoms with Crippen LogP contribution in [0.4, 0.5) is 0 Å². The summed E-state index contributed by atoms with van der Waals surface area (Å²) in [5.74, 6) is 0.126. The summed E-state index contributed by atoms with van der Waals surface area (Å²) in [6.07, 6.45) is 6.34. The van der Waals surface area contributed by atoms with Gasteiger partial charge in [-0.05, 0) is 18.9 Å². The van der Waals surface area contributed by atoms with Crippen molar-refractivity contribution in [3.8, 4) is 0 Å². The minimum absolute atomic E-state index is 0.227. The summed E-state index contributed by atoms with van der Waals surface area (Å²) < 4.78 is 27.7. The van der Waals surface area contributed by atoms with E-state index in [-0.39, 0.29) is 5.92 Å². The molecule has 0 saturated carbocycles. The van der Waals surface area contributed by atoms with Gasteiger partial charge < -0.3 is 10.1 Å². The first kappa shape index (κ1) is 10.2. The standard InChI is InChI=1S/C10H11NO3S/c11-9-4-2-1-3-8(9)10-7-15(12,13)6-5-14-10/h2,4-8,11H,1,3H2. The molecule has 2 rings (SSSR count). The van der Waals surface area contributed by atoms with Gasteiger partial charge >= 0.3 is 0 Å². The molecule has 0 spiro atoms. The van der Waals surface area contributed by atoms with Crippen LogP contribution in [0.3, 0.4) is 0 Å². The Balaban J connectivity index is 2.29. The minimum Gasteiger partial charge on any atom is -0.467 e. The second-order valence-corrected chi connectivity index (χ2v) is 5.17. The molecule has 15 heavy (non-hydrogen) atoms. The summed E-state index contributed by atoms with van der Waals surface area (Å²) in [6.45, 7) is 0. The van der Waals surface area contributed by atoms with Gasteiger partial charge in [-0.25, -0.2) is 8.42 Å². The predicted molar refractivity (Wildman–Crippen MR) is 56.8 cm³/mol. The summed E-state index contributed by atoms with van der Waals surface area (Å²) in [5, 5.41) is 9.80. The number of sulfone groups is 1. The lowest BCUT2D eigenvalue weighted by molar-refractivity contribution is 0.308. The van der Waals surface area contributed by atoms with Crippen LogP contribution >= 0.6 is 0 Å². The number of hydrogen-bond donors (Lipinski definition) is 1. The molecule has 4 nitrogen and oxygen atoms in total. The van der Waals surface area contributed by atoms with Crippen LogP contribution in [0.15, 0.2) is 35.0 Å². The largest absolute Gasteiger partial charge is 0.467 e. The Labute approximate surface area is 88.4 Å². The molecule has 0 aromatic heterocycles. The Morgan fingerprint density at radius 3 is 2.93 bits per heavy atom. The van der Waals surface area contributed by atoms with Crippen molar-refractivity contribution in [2.24, 2.45) is 5.92 Å². The normalized spacial score (nSPS) is 28.4. The van der Waals surface area contributed by atoms with E-state index in [1.54, 1.807) is 6.08 Å². The second-order valence-electron chi connectivity index (χ2n) is 3.49. The maximum absolute atomic E-state index is 11.3. The summed E-state index contributed by atoms with van der Waals surface area (Å²) in [6, 6.07) is 0. The van der Waals surface area contributed by atoms with E-state index in [4.69, 9.17) is 10.1 Å². The van der Waals surface area contributed by atoms with Gasteiger partial charge in [-0.3, -0.25) is 0 Å². The van der Waals surface area contributed by atoms with Gasteiger partial charge in [0.05, 0.1) is 16.7 Å². The predicted octanol–water partition coefficient (Wildman–Crippen LogP) is 1.73. The highest BCUT2D eigenvalue weighted by atomic mass is 32.2. The fourth-order valence-corrected chi connectivity index (χ4v) is 2.45. The van der Waals surface area contributed by atoms with Crippen molar-refractivity contribution in [1.29, 1.82) is 5.41 Å². The van der Waals surface area contributed by atoms with Gasteiger partial charge in [0.25, 0.3) is 0 Å². The molecular formula is C10H11NO3S. The van der Waals surface area contributed by atoms with E-state index in [0.717, 1.165) is 29.9 Å². The molecular weight excluding hydrogens is 214 g/mol. The molecule has 1 N–H and O–H groups in total. The Morgan fingerprint density at radius 1 is 1.47 bits per heavy atom. The number of rotatable bonds is 1. The summed E-state index contributed by atoms with van der Waals surface area (Å²) in [4.78, 5) is 0. The van der Waals surface area contributed by atoms with E-state index in [0.29, 0.717) is 11.5 Å². The van der Waals surface area contributed by atoms with E-state index in [2.05, 4.69) is 0 Å². The first-order valence-electron chi connectivity index (χ1n) is 4.63. The molecule has 80 valence electrons. The average molecular weight is 225 g/mol. The smallest absolute Gasteiger partial charge is 0.199 e. The lowest BCUT2D eigenvalue weighted by Gasteiger charge is -2.22. The molecule has 0 saturated heterocycles. The molecule has 0 aromatic carbocycles. The third kappa shape index (κ3) is 2.18. The van der Waals surface area contributed by atoms with Crippen molar-refractivity contribution in [3.05, 3.63) is 35.0 Å². The Bertz CT molecular complexity index is 471. The van der Waals surface area contributed by atoms with Gasteiger partial charge in [-0.1, -0.05) is 6.08 Å². The molecule has 0 amide bonds. The Hall–Kier alpha value is -1.36. The van der Waals surface area contributed by atoms with Crippen LogP contribution in [0, 0.1) is 11.3 Å². The number of hydrogen-bond acceptors (Lipinski definition) is 4. The molecule has 0 aromatic rings. The zero-order chi connectivity index (χ0) is 10.9. The third-order valence-corrected chi connectivity index (χ3v) is 3.42. The van der Waals surface area contributed by atoms with E-state index in [1.807, 2.05) is 6.08 Å². The average Bonchev–Trinajstić information content (AvgIpc) is 2.17. The topological polar surface area (TPSA) is 67.2 Å². The van der Waals surface area contributed by atoms with Crippen molar-refractivity contribution >= 4 is 15.5 Å². The van der Waals surface area contributed by atoms with Gasteiger partial charge in [0.1, 0.15) is 12.0 Å². The highest BCUT2D eigenvalue weighted by molar-refractivity contribution is 7.97. The molecule has 0 fully saturated rings. The highest BCUT2D eigenvalue weighted by Crippen LogP contribution is 2.27. The van der Waals surface area contributed by atoms with Crippen molar-refractivity contribution in [3.63, 3.8) is 0 Å². The lowest BCUT2D eigenvalue weighted by atomic mass is 9.91. The summed E-state index contributed by atoms with van der Waals surface area (Å²) in [7, 11) is -3.29. The first-order chi connectivity index (χ1) is 7.08. The van der Waals surface area contributed by atoms with Crippen molar-refractivity contribution in [1.82, 2.24) is 0 Å². The van der Waals surface area contributed by atoms with Crippen molar-refractivity contribution in [2.75, 3.05) is 0 Å². The van der Waals surface area contributed by atoms with Gasteiger partial charge in [0, 0.05) is 5.71 Å². The molecule has 5 heteroatoms. The number of allylic oxidation sites excluding steroid dienone is 3. The van der Waals surface area contributed by atoms with Crippen molar-refractivity contribution in [2.45, 2.75) is 12.8 Å². The second kappa shape index (κ2) is 3.66. The van der Waals surface area contributed by atoms with Crippen LogP contribution in [-0.4, -0.2) is 14.1 Å². The molecule has 0 radical (unpaired) electrons. The van der Waals surface area contributed by atoms with Crippen LogP contribution < -0.4 is 0 Å². The van der Waals surface area contributed by atoms with E-state index in [1.165, 1.54) is 0 Å². The van der Waals surface area contributed by atoms with Crippen molar-refractivity contribution < 1.29 is 13.2 Å². The van der Waals surface area contributed by atoms with Crippen LogP contribution in [0.1, 0.15) is 12.8 Å². The summed E-state index contributed by atoms with van der Waals surface area (Å²) >= 11 is 0. The molecule has 1 atom stereocenters. The van der Waals surface area contributed by atoms with Crippen LogP contribution in [-0.2, 0) is 14.6 Å². The van der Waals surface area contributed by atoms with Gasteiger partial charge in [-0.15, -0.1) is 0 Å². The molecule has 1 aliphatic carbocycles. The molecule has 1 unspecified atom stereocenters. The molecule has 1 aliphatic heterocycles. The first-order valence-corrected chi connectivity index (χ1v) is 6.24. The van der Waals surface area contributed by atoms with Gasteiger partial charge in [0.15, 0.2) is 9.84 Å². The monoisotopic (exact) mass is 225 g/mol. The van der Waals surface area contributed by atoms with Crippen LogP contribution in [0.25, 0.3) is 0 Å².